The van der Waals surface area contributed by atoms with Gasteiger partial charge in [-0.1, -0.05) is 6.08 Å². The second-order valence-electron chi connectivity index (χ2n) is 9.77. The van der Waals surface area contributed by atoms with Crippen molar-refractivity contribution in [3.8, 4) is 0 Å². The van der Waals surface area contributed by atoms with Crippen molar-refractivity contribution >= 4 is 24.4 Å². The van der Waals surface area contributed by atoms with Gasteiger partial charge >= 0.3 is 17.3 Å². The van der Waals surface area contributed by atoms with Gasteiger partial charge in [0.05, 0.1) is 26.4 Å². The molecule has 0 aromatic carbocycles. The highest BCUT2D eigenvalue weighted by molar-refractivity contribution is 8.09. The number of aryl methyl sites for hydroxylation is 2. The minimum Gasteiger partial charge on any atom is -0.468 e. The van der Waals surface area contributed by atoms with E-state index in [1.807, 2.05) is 0 Å². The van der Waals surface area contributed by atoms with Crippen molar-refractivity contribution in [1.29, 1.82) is 0 Å². The van der Waals surface area contributed by atoms with Crippen LogP contribution in [-0.2, 0) is 39.9 Å². The maximum atomic E-state index is 12.4. The summed E-state index contributed by atoms with van der Waals surface area (Å²) in [7, 11) is 1.21. The number of aromatic amines is 2. The summed E-state index contributed by atoms with van der Waals surface area (Å²) in [6.45, 7) is 0.422. The predicted molar refractivity (Wildman–Crippen MR) is 151 cm³/mol. The molecule has 0 radical (unpaired) electrons. The fourth-order valence-corrected chi connectivity index (χ4v) is 7.06. The SMILES string of the molecule is COC(=O)[C@H](C)NP(=S)(OC[C@@H]1C=C[C@H](n2cc(C)c(=O)[nH]c2=O)O1)O[C@H]1C[C@H](n2cc(C)c(=O)[nH]c2=O)O[C@@H]1CO. The van der Waals surface area contributed by atoms with E-state index >= 15 is 0 Å². The molecule has 0 aliphatic carbocycles. The monoisotopic (exact) mass is 629 g/mol. The van der Waals surface area contributed by atoms with Gasteiger partial charge in [-0.2, -0.15) is 0 Å². The molecule has 1 fully saturated rings. The molecule has 18 heteroatoms. The van der Waals surface area contributed by atoms with Gasteiger partial charge in [0, 0.05) is 29.9 Å². The molecule has 4 rings (SSSR count). The highest BCUT2D eigenvalue weighted by atomic mass is 32.5. The highest BCUT2D eigenvalue weighted by Crippen LogP contribution is 2.50. The summed E-state index contributed by atoms with van der Waals surface area (Å²) in [5, 5.41) is 12.9. The van der Waals surface area contributed by atoms with Crippen molar-refractivity contribution in [2.75, 3.05) is 20.3 Å². The van der Waals surface area contributed by atoms with Gasteiger partial charge in [-0.15, -0.1) is 0 Å². The lowest BCUT2D eigenvalue weighted by atomic mass is 10.2. The van der Waals surface area contributed by atoms with Crippen LogP contribution < -0.4 is 27.6 Å². The average Bonchev–Trinajstić information content (AvgIpc) is 3.58. The zero-order chi connectivity index (χ0) is 30.8. The van der Waals surface area contributed by atoms with Crippen LogP contribution in [0.25, 0.3) is 0 Å². The minimum atomic E-state index is -3.54. The molecule has 0 saturated carbocycles. The van der Waals surface area contributed by atoms with E-state index in [0.717, 1.165) is 0 Å². The summed E-state index contributed by atoms with van der Waals surface area (Å²) < 4.78 is 31.1. The molecule has 2 aromatic rings. The van der Waals surface area contributed by atoms with Crippen molar-refractivity contribution in [2.45, 2.75) is 64.0 Å². The van der Waals surface area contributed by atoms with Gasteiger partial charge in [-0.3, -0.25) is 33.5 Å². The Hall–Kier alpha value is -3.02. The van der Waals surface area contributed by atoms with Crippen molar-refractivity contribution in [2.24, 2.45) is 0 Å². The fourth-order valence-electron chi connectivity index (χ4n) is 4.38. The number of ether oxygens (including phenoxy) is 3. The van der Waals surface area contributed by atoms with Gasteiger partial charge in [0.25, 0.3) is 17.8 Å². The van der Waals surface area contributed by atoms with E-state index in [-0.39, 0.29) is 18.6 Å². The van der Waals surface area contributed by atoms with E-state index < -0.39 is 78.5 Å². The first kappa shape index (κ1) is 31.9. The Morgan fingerprint density at radius 1 is 1.12 bits per heavy atom. The standard InChI is InChI=1S/C24H32N5O11PS/c1-12-8-28(23(34)25-20(12)31)18-6-5-15(38-18)11-37-41(42,27-14(3)22(33)36-4)40-16-7-19(39-17(16)10-30)29-9-13(2)21(32)26-24(29)35/h5-6,8-9,14-19,30H,7,10-11H2,1-4H3,(H,27,42)(H,25,31,34)(H,26,32,35)/t14-,15-,16-,17+,18+,19+,41?/m0/s1. The lowest BCUT2D eigenvalue weighted by molar-refractivity contribution is -0.142. The number of aromatic nitrogens is 4. The Labute approximate surface area is 243 Å². The van der Waals surface area contributed by atoms with Gasteiger partial charge in [-0.05, 0) is 38.7 Å². The summed E-state index contributed by atoms with van der Waals surface area (Å²) in [6, 6.07) is -0.938. The van der Waals surface area contributed by atoms with E-state index in [4.69, 9.17) is 35.1 Å². The molecule has 1 unspecified atom stereocenters. The maximum absolute atomic E-state index is 12.4. The van der Waals surface area contributed by atoms with Gasteiger partial charge < -0.3 is 28.4 Å². The van der Waals surface area contributed by atoms with E-state index in [0.29, 0.717) is 5.56 Å². The van der Waals surface area contributed by atoms with Crippen LogP contribution in [0.2, 0.25) is 0 Å². The molecule has 4 N–H and O–H groups in total. The third-order valence-electron chi connectivity index (χ3n) is 6.63. The second-order valence-corrected chi connectivity index (χ2v) is 12.9. The average molecular weight is 630 g/mol. The maximum Gasteiger partial charge on any atom is 0.330 e. The van der Waals surface area contributed by atoms with Crippen molar-refractivity contribution < 1.29 is 33.2 Å². The molecular formula is C24H32N5O11PS. The fraction of sp³-hybridized carbons (Fsp3) is 0.542. The summed E-state index contributed by atoms with van der Waals surface area (Å²) in [5.74, 6) is -0.629. The zero-order valence-corrected chi connectivity index (χ0v) is 24.9. The molecule has 2 aliphatic heterocycles. The van der Waals surface area contributed by atoms with E-state index in [1.54, 1.807) is 19.1 Å². The van der Waals surface area contributed by atoms with E-state index in [2.05, 4.69) is 15.1 Å². The third kappa shape index (κ3) is 7.12. The van der Waals surface area contributed by atoms with Crippen LogP contribution in [0.1, 0.15) is 36.9 Å². The Morgan fingerprint density at radius 3 is 2.36 bits per heavy atom. The van der Waals surface area contributed by atoms with Crippen LogP contribution in [0.4, 0.5) is 0 Å². The number of hydrogen-bond donors (Lipinski definition) is 4. The molecule has 0 spiro atoms. The molecule has 4 heterocycles. The molecule has 0 bridgehead atoms. The quantitative estimate of drug-likeness (QED) is 0.137. The van der Waals surface area contributed by atoms with Gasteiger partial charge in [0.1, 0.15) is 24.5 Å². The number of esters is 1. The van der Waals surface area contributed by atoms with Crippen LogP contribution in [0.3, 0.4) is 0 Å². The molecule has 1 saturated heterocycles. The number of hydrogen-bond acceptors (Lipinski definition) is 12. The molecule has 42 heavy (non-hydrogen) atoms. The molecule has 2 aliphatic rings. The predicted octanol–water partition coefficient (Wildman–Crippen LogP) is -0.786. The molecule has 2 aromatic heterocycles. The van der Waals surface area contributed by atoms with E-state index in [1.165, 1.54) is 42.5 Å². The van der Waals surface area contributed by atoms with Crippen molar-refractivity contribution in [3.63, 3.8) is 0 Å². The Bertz CT molecular complexity index is 1630. The Kier molecular flexibility index (Phi) is 9.95. The summed E-state index contributed by atoms with van der Waals surface area (Å²) >= 11 is 5.73. The summed E-state index contributed by atoms with van der Waals surface area (Å²) in [5.41, 5.74) is -1.76. The van der Waals surface area contributed by atoms with Gasteiger partial charge in [0.2, 0.25) is 0 Å². The zero-order valence-electron chi connectivity index (χ0n) is 23.2. The first-order chi connectivity index (χ1) is 19.8. The third-order valence-corrected chi connectivity index (χ3v) is 9.26. The summed E-state index contributed by atoms with van der Waals surface area (Å²) in [4.78, 5) is 64.8. The first-order valence-corrected chi connectivity index (χ1v) is 15.5. The number of methoxy groups -OCH3 is 1. The van der Waals surface area contributed by atoms with Crippen LogP contribution >= 0.6 is 6.64 Å². The van der Waals surface area contributed by atoms with Crippen molar-refractivity contribution in [1.82, 2.24) is 24.2 Å². The molecular weight excluding hydrogens is 597 g/mol. The first-order valence-electron chi connectivity index (χ1n) is 12.9. The number of rotatable bonds is 11. The number of nitrogens with one attached hydrogen (secondary N) is 3. The molecule has 0 amide bonds. The molecule has 7 atom stereocenters. The number of H-pyrrole nitrogens is 2. The summed E-state index contributed by atoms with van der Waals surface area (Å²) in [6.07, 6.45) is 1.87. The Morgan fingerprint density at radius 2 is 1.74 bits per heavy atom. The Balaban J connectivity index is 1.50. The van der Waals surface area contributed by atoms with Gasteiger partial charge in [0.15, 0.2) is 6.23 Å². The lowest BCUT2D eigenvalue weighted by Crippen LogP contribution is -2.37. The number of carbonyl (C=O) groups is 1. The van der Waals surface area contributed by atoms with Crippen LogP contribution in [0.15, 0.2) is 43.7 Å². The number of aliphatic hydroxyl groups is 1. The number of nitrogens with zero attached hydrogens (tertiary/aromatic N) is 2. The highest BCUT2D eigenvalue weighted by Gasteiger charge is 2.42. The molecule has 230 valence electrons. The largest absolute Gasteiger partial charge is 0.468 e. The molecule has 16 nitrogen and oxygen atoms in total. The van der Waals surface area contributed by atoms with Crippen LogP contribution in [0, 0.1) is 13.8 Å². The lowest BCUT2D eigenvalue weighted by Gasteiger charge is -2.30. The number of aliphatic hydroxyl groups excluding tert-OH is 1. The number of carbonyl (C=O) groups excluding carboxylic acids is 1. The van der Waals surface area contributed by atoms with Crippen LogP contribution in [-0.4, -0.2) is 74.9 Å². The topological polar surface area (TPSA) is 205 Å². The van der Waals surface area contributed by atoms with Crippen LogP contribution in [0.5, 0.6) is 0 Å². The smallest absolute Gasteiger partial charge is 0.330 e. The minimum absolute atomic E-state index is 0.0586. The van der Waals surface area contributed by atoms with E-state index in [9.17, 15) is 29.1 Å². The van der Waals surface area contributed by atoms with Gasteiger partial charge in [-0.25, -0.2) is 14.7 Å². The second kappa shape index (κ2) is 13.1. The van der Waals surface area contributed by atoms with Crippen molar-refractivity contribution in [3.05, 3.63) is 77.3 Å². The normalized spacial score (nSPS) is 25.8.